The molecule has 0 atom stereocenters. The quantitative estimate of drug-likeness (QED) is 0.253. The molecular formula is C9H10N3O8P. The topological polar surface area (TPSA) is 172 Å². The number of aliphatic carboxylic acids is 1. The van der Waals surface area contributed by atoms with Crippen LogP contribution in [0.5, 0.6) is 5.75 Å². The van der Waals surface area contributed by atoms with Gasteiger partial charge in [-0.3, -0.25) is 20.1 Å². The smallest absolute Gasteiger partial charge is 0.383 e. The minimum absolute atomic E-state index is 0.00435. The number of methoxy groups -OCH3 is 1. The summed E-state index contributed by atoms with van der Waals surface area (Å²) in [5.41, 5.74) is 0.399. The lowest BCUT2D eigenvalue weighted by molar-refractivity contribution is -0.384. The molecule has 0 aliphatic heterocycles. The highest BCUT2D eigenvalue weighted by Gasteiger charge is 2.30. The molecule has 0 spiro atoms. The van der Waals surface area contributed by atoms with Gasteiger partial charge in [0.1, 0.15) is 0 Å². The standard InChI is InChI=1S/C9H10N3O8P/c1-20-7-4-5(12(15)16)2-3-6(7)10-11-8(9(13)14)21(17,18)19/h2-4,10H,1H3,(H,13,14)(H2,17,18,19)/b11-8+. The summed E-state index contributed by atoms with van der Waals surface area (Å²) in [5, 5.41) is 22.3. The molecule has 4 N–H and O–H groups in total. The summed E-state index contributed by atoms with van der Waals surface area (Å²) in [6, 6.07) is 3.27. The lowest BCUT2D eigenvalue weighted by Gasteiger charge is -2.08. The number of anilines is 1. The number of non-ortho nitro benzene ring substituents is 1. The Labute approximate surface area is 117 Å². The van der Waals surface area contributed by atoms with E-state index in [0.29, 0.717) is 0 Å². The van der Waals surface area contributed by atoms with Crippen molar-refractivity contribution in [2.75, 3.05) is 12.5 Å². The van der Waals surface area contributed by atoms with Crippen molar-refractivity contribution in [3.8, 4) is 5.75 Å². The highest BCUT2D eigenvalue weighted by molar-refractivity contribution is 7.73. The monoisotopic (exact) mass is 319 g/mol. The van der Waals surface area contributed by atoms with E-state index in [1.807, 2.05) is 0 Å². The summed E-state index contributed by atoms with van der Waals surface area (Å²) < 4.78 is 15.8. The maximum atomic E-state index is 10.9. The van der Waals surface area contributed by atoms with Crippen LogP contribution in [0.3, 0.4) is 0 Å². The van der Waals surface area contributed by atoms with Gasteiger partial charge in [0.25, 0.3) is 11.1 Å². The van der Waals surface area contributed by atoms with Crippen molar-refractivity contribution in [1.29, 1.82) is 0 Å². The molecule has 0 aliphatic rings. The number of nitrogens with zero attached hydrogens (tertiary/aromatic N) is 2. The van der Waals surface area contributed by atoms with Gasteiger partial charge in [-0.15, -0.1) is 0 Å². The lowest BCUT2D eigenvalue weighted by Crippen LogP contribution is -2.15. The normalized spacial score (nSPS) is 11.9. The summed E-state index contributed by atoms with van der Waals surface area (Å²) in [6.45, 7) is 0. The van der Waals surface area contributed by atoms with Crippen LogP contribution < -0.4 is 10.2 Å². The van der Waals surface area contributed by atoms with Crippen LogP contribution in [-0.4, -0.2) is 38.3 Å². The van der Waals surface area contributed by atoms with Crippen LogP contribution in [0.4, 0.5) is 11.4 Å². The molecular weight excluding hydrogens is 309 g/mol. The SMILES string of the molecule is COc1cc([N+](=O)[O-])ccc1N/N=C(\C(=O)O)P(=O)(O)O. The number of hydrogen-bond acceptors (Lipinski definition) is 7. The van der Waals surface area contributed by atoms with E-state index in [4.69, 9.17) is 19.6 Å². The number of nitro groups is 1. The maximum absolute atomic E-state index is 10.9. The molecule has 0 amide bonds. The Morgan fingerprint density at radius 1 is 1.48 bits per heavy atom. The number of nitrogens with one attached hydrogen (secondary N) is 1. The van der Waals surface area contributed by atoms with Crippen molar-refractivity contribution >= 4 is 30.4 Å². The van der Waals surface area contributed by atoms with Crippen LogP contribution in [0.2, 0.25) is 0 Å². The number of ether oxygens (including phenoxy) is 1. The van der Waals surface area contributed by atoms with Crippen molar-refractivity contribution in [3.05, 3.63) is 28.3 Å². The van der Waals surface area contributed by atoms with Crippen LogP contribution >= 0.6 is 7.60 Å². The minimum atomic E-state index is -5.08. The van der Waals surface area contributed by atoms with Crippen molar-refractivity contribution in [2.45, 2.75) is 0 Å². The zero-order valence-electron chi connectivity index (χ0n) is 10.5. The fourth-order valence-electron chi connectivity index (χ4n) is 1.24. The highest BCUT2D eigenvalue weighted by atomic mass is 31.2. The van der Waals surface area contributed by atoms with Crippen molar-refractivity contribution in [1.82, 2.24) is 0 Å². The third-order valence-electron chi connectivity index (χ3n) is 2.15. The Bertz CT molecular complexity index is 652. The first-order valence-electron chi connectivity index (χ1n) is 5.12. The molecule has 21 heavy (non-hydrogen) atoms. The first-order chi connectivity index (χ1) is 9.66. The number of benzene rings is 1. The van der Waals surface area contributed by atoms with Crippen LogP contribution in [-0.2, 0) is 9.36 Å². The Hall–Kier alpha value is -2.49. The van der Waals surface area contributed by atoms with Gasteiger partial charge in [-0.05, 0) is 6.07 Å². The van der Waals surface area contributed by atoms with Gasteiger partial charge in [0, 0.05) is 6.07 Å². The number of carbonyl (C=O) groups is 1. The van der Waals surface area contributed by atoms with E-state index in [1.165, 1.54) is 7.11 Å². The van der Waals surface area contributed by atoms with Gasteiger partial charge in [-0.25, -0.2) is 4.79 Å². The molecule has 12 heteroatoms. The van der Waals surface area contributed by atoms with Crippen LogP contribution in [0.1, 0.15) is 0 Å². The number of carboxylic acids is 1. The van der Waals surface area contributed by atoms with E-state index >= 15 is 0 Å². The van der Waals surface area contributed by atoms with E-state index in [9.17, 15) is 19.5 Å². The van der Waals surface area contributed by atoms with E-state index in [-0.39, 0.29) is 17.1 Å². The predicted octanol–water partition coefficient (Wildman–Crippen LogP) is 0.591. The Balaban J connectivity index is 3.16. The molecule has 1 aromatic rings. The van der Waals surface area contributed by atoms with E-state index in [1.54, 1.807) is 0 Å². The summed E-state index contributed by atoms with van der Waals surface area (Å²) in [7, 11) is -3.88. The van der Waals surface area contributed by atoms with Gasteiger partial charge in [-0.1, -0.05) is 0 Å². The molecule has 0 saturated heterocycles. The average molecular weight is 319 g/mol. The van der Waals surface area contributed by atoms with Gasteiger partial charge < -0.3 is 19.6 Å². The van der Waals surface area contributed by atoms with E-state index < -0.39 is 23.9 Å². The van der Waals surface area contributed by atoms with E-state index in [2.05, 4.69) is 10.5 Å². The van der Waals surface area contributed by atoms with E-state index in [0.717, 1.165) is 18.2 Å². The number of hydrogen-bond donors (Lipinski definition) is 4. The Kier molecular flexibility index (Phi) is 4.97. The molecule has 11 nitrogen and oxygen atoms in total. The third-order valence-corrected chi connectivity index (χ3v) is 2.99. The zero-order chi connectivity index (χ0) is 16.2. The summed E-state index contributed by atoms with van der Waals surface area (Å²) in [6.07, 6.45) is 0. The molecule has 0 fully saturated rings. The van der Waals surface area contributed by atoms with Crippen LogP contribution in [0.25, 0.3) is 0 Å². The van der Waals surface area contributed by atoms with Gasteiger partial charge in [0.2, 0.25) is 0 Å². The van der Waals surface area contributed by atoms with Crippen LogP contribution in [0.15, 0.2) is 23.3 Å². The molecule has 1 rings (SSSR count). The molecule has 0 unspecified atom stereocenters. The number of nitro benzene ring substituents is 1. The molecule has 0 bridgehead atoms. The number of hydrazone groups is 1. The second-order valence-corrected chi connectivity index (χ2v) is 5.05. The molecule has 0 saturated carbocycles. The highest BCUT2D eigenvalue weighted by Crippen LogP contribution is 2.37. The molecule has 0 aromatic heterocycles. The minimum Gasteiger partial charge on any atom is -0.494 e. The summed E-state index contributed by atoms with van der Waals surface area (Å²) in [4.78, 5) is 38.2. The maximum Gasteiger partial charge on any atom is 0.383 e. The number of carboxylic acid groups (broad SMARTS) is 1. The van der Waals surface area contributed by atoms with Gasteiger partial charge in [0.05, 0.1) is 23.8 Å². The second-order valence-electron chi connectivity index (χ2n) is 3.54. The summed E-state index contributed by atoms with van der Waals surface area (Å²) >= 11 is 0. The van der Waals surface area contributed by atoms with Gasteiger partial charge in [-0.2, -0.15) is 5.10 Å². The number of rotatable bonds is 6. The Morgan fingerprint density at radius 3 is 2.52 bits per heavy atom. The molecule has 0 heterocycles. The van der Waals surface area contributed by atoms with Crippen molar-refractivity contribution < 1.29 is 33.9 Å². The first-order valence-corrected chi connectivity index (χ1v) is 6.73. The molecule has 1 aromatic carbocycles. The average Bonchev–Trinajstić information content (AvgIpc) is 2.36. The third kappa shape index (κ3) is 4.24. The molecule has 0 radical (unpaired) electrons. The predicted molar refractivity (Wildman–Crippen MR) is 70.4 cm³/mol. The van der Waals surface area contributed by atoms with Crippen molar-refractivity contribution in [3.63, 3.8) is 0 Å². The lowest BCUT2D eigenvalue weighted by atomic mass is 10.2. The molecule has 0 aliphatic carbocycles. The van der Waals surface area contributed by atoms with Gasteiger partial charge in [0.15, 0.2) is 5.75 Å². The molecule has 114 valence electrons. The summed E-state index contributed by atoms with van der Waals surface area (Å²) in [5.74, 6) is -1.96. The fourth-order valence-corrected chi connectivity index (χ4v) is 1.67. The first kappa shape index (κ1) is 16.6. The largest absolute Gasteiger partial charge is 0.494 e. The van der Waals surface area contributed by atoms with Crippen molar-refractivity contribution in [2.24, 2.45) is 5.10 Å². The zero-order valence-corrected chi connectivity index (χ0v) is 11.4. The van der Waals surface area contributed by atoms with Crippen LogP contribution in [0, 0.1) is 10.1 Å². The second kappa shape index (κ2) is 6.31. The Morgan fingerprint density at radius 2 is 2.10 bits per heavy atom. The fraction of sp³-hybridized carbons (Fsp3) is 0.111. The van der Waals surface area contributed by atoms with Gasteiger partial charge >= 0.3 is 13.6 Å².